The molecule has 1 fully saturated rings. The smallest absolute Gasteiger partial charge is 0.398 e. The number of imide groups is 1. The first-order chi connectivity index (χ1) is 13.6. The summed E-state index contributed by atoms with van der Waals surface area (Å²) < 4.78 is 39.6. The van der Waals surface area contributed by atoms with Crippen molar-refractivity contribution in [3.8, 4) is 0 Å². The summed E-state index contributed by atoms with van der Waals surface area (Å²) in [6.45, 7) is -0.834. The first kappa shape index (κ1) is 20.3. The number of aliphatic hydroxyl groups excluding tert-OH is 1. The summed E-state index contributed by atoms with van der Waals surface area (Å²) in [7, 11) is 1.24. The average Bonchev–Trinajstić information content (AvgIpc) is 2.88. The van der Waals surface area contributed by atoms with Crippen LogP contribution in [0.5, 0.6) is 0 Å². The van der Waals surface area contributed by atoms with E-state index in [-0.39, 0.29) is 16.9 Å². The summed E-state index contributed by atoms with van der Waals surface area (Å²) in [5.74, 6) is -0.947. The van der Waals surface area contributed by atoms with Crippen molar-refractivity contribution in [1.29, 1.82) is 0 Å². The van der Waals surface area contributed by atoms with Gasteiger partial charge in [0, 0.05) is 12.7 Å². The van der Waals surface area contributed by atoms with Gasteiger partial charge in [-0.1, -0.05) is 12.1 Å². The number of urea groups is 1. The molecule has 0 aromatic heterocycles. The lowest BCUT2D eigenvalue weighted by Crippen LogP contribution is -2.48. The molecule has 1 unspecified atom stereocenters. The van der Waals surface area contributed by atoms with Crippen molar-refractivity contribution in [3.63, 3.8) is 0 Å². The van der Waals surface area contributed by atoms with Gasteiger partial charge in [-0.25, -0.2) is 9.69 Å². The van der Waals surface area contributed by atoms with Crippen LogP contribution in [-0.4, -0.2) is 35.6 Å². The number of nitrogens with two attached hydrogens (primary N) is 1. The zero-order valence-electron chi connectivity index (χ0n) is 15.0. The summed E-state index contributed by atoms with van der Waals surface area (Å²) in [5, 5.41) is 12.8. The van der Waals surface area contributed by atoms with Gasteiger partial charge in [0.2, 0.25) is 0 Å². The van der Waals surface area contributed by atoms with Gasteiger partial charge < -0.3 is 15.7 Å². The maximum atomic E-state index is 13.2. The highest BCUT2D eigenvalue weighted by Crippen LogP contribution is 2.41. The van der Waals surface area contributed by atoms with Crippen molar-refractivity contribution in [2.24, 2.45) is 5.18 Å². The number of aliphatic hydroxyl groups is 1. The van der Waals surface area contributed by atoms with Crippen molar-refractivity contribution in [2.45, 2.75) is 11.7 Å². The number of alkyl halides is 3. The second-order valence-electron chi connectivity index (χ2n) is 6.41. The monoisotopic (exact) mass is 408 g/mol. The highest BCUT2D eigenvalue weighted by atomic mass is 19.4. The predicted molar refractivity (Wildman–Crippen MR) is 97.2 cm³/mol. The summed E-state index contributed by atoms with van der Waals surface area (Å²) in [4.78, 5) is 38.0. The lowest BCUT2D eigenvalue weighted by molar-refractivity contribution is -0.137. The summed E-state index contributed by atoms with van der Waals surface area (Å²) in [6.07, 6.45) is -4.79. The minimum absolute atomic E-state index is 0.0616. The third-order valence-corrected chi connectivity index (χ3v) is 4.89. The number of nitroso groups, excluding NO2 is 1. The van der Waals surface area contributed by atoms with E-state index in [4.69, 9.17) is 5.73 Å². The largest absolute Gasteiger partial charge is 0.418 e. The molecule has 1 aliphatic heterocycles. The lowest BCUT2D eigenvalue weighted by Gasteiger charge is -2.31. The van der Waals surface area contributed by atoms with Crippen molar-refractivity contribution < 1.29 is 27.9 Å². The van der Waals surface area contributed by atoms with E-state index in [1.807, 2.05) is 0 Å². The highest BCUT2D eigenvalue weighted by Gasteiger charge is 2.57. The Bertz CT molecular complexity index is 994. The lowest BCUT2D eigenvalue weighted by atomic mass is 9.89. The Morgan fingerprint density at radius 3 is 2.28 bits per heavy atom. The Hall–Kier alpha value is -3.47. The standard InChI is InChI=1S/C18H15F3N4O4/c1-24-16(28)25(12-6-7-14(22)13(8-12)18(19,20)21)15(27)17(24,9-26)10-2-4-11(23-29)5-3-10/h2-8,26H,9,22H2,1H3. The van der Waals surface area contributed by atoms with Crippen molar-refractivity contribution in [2.75, 3.05) is 24.3 Å². The van der Waals surface area contributed by atoms with E-state index in [9.17, 15) is 32.8 Å². The zero-order chi connectivity index (χ0) is 21.6. The molecular weight excluding hydrogens is 393 g/mol. The number of likely N-dealkylation sites (N-methyl/N-ethyl adjacent to an activating group) is 1. The number of halogens is 3. The number of anilines is 2. The van der Waals surface area contributed by atoms with E-state index in [2.05, 4.69) is 5.18 Å². The summed E-state index contributed by atoms with van der Waals surface area (Å²) >= 11 is 0. The molecular formula is C18H15F3N4O4. The number of nitrogen functional groups attached to an aromatic ring is 1. The van der Waals surface area contributed by atoms with Gasteiger partial charge in [0.05, 0.1) is 17.9 Å². The second-order valence-corrected chi connectivity index (χ2v) is 6.41. The third-order valence-electron chi connectivity index (χ3n) is 4.89. The Balaban J connectivity index is 2.13. The number of benzene rings is 2. The molecule has 11 heteroatoms. The van der Waals surface area contributed by atoms with E-state index in [1.165, 1.54) is 31.3 Å². The number of carbonyl (C=O) groups excluding carboxylic acids is 2. The molecule has 0 spiro atoms. The first-order valence-corrected chi connectivity index (χ1v) is 8.21. The summed E-state index contributed by atoms with van der Waals surface area (Å²) in [6, 6.07) is 6.98. The quantitative estimate of drug-likeness (QED) is 0.458. The van der Waals surface area contributed by atoms with Crippen molar-refractivity contribution >= 4 is 29.0 Å². The molecule has 3 rings (SSSR count). The molecule has 0 saturated carbocycles. The second kappa shape index (κ2) is 6.85. The number of hydrogen-bond donors (Lipinski definition) is 2. The van der Waals surface area contributed by atoms with Crippen molar-refractivity contribution in [3.05, 3.63) is 58.5 Å². The van der Waals surface area contributed by atoms with E-state index in [0.717, 1.165) is 17.0 Å². The molecule has 0 aliphatic carbocycles. The van der Waals surface area contributed by atoms with Gasteiger partial charge in [0.15, 0.2) is 5.54 Å². The molecule has 1 heterocycles. The van der Waals surface area contributed by atoms with E-state index in [0.29, 0.717) is 11.0 Å². The molecule has 1 saturated heterocycles. The normalized spacial score (nSPS) is 19.8. The fourth-order valence-electron chi connectivity index (χ4n) is 3.27. The maximum Gasteiger partial charge on any atom is 0.418 e. The molecule has 2 aromatic carbocycles. The van der Waals surface area contributed by atoms with Crippen LogP contribution in [-0.2, 0) is 16.5 Å². The van der Waals surface area contributed by atoms with Crippen LogP contribution >= 0.6 is 0 Å². The SMILES string of the molecule is CN1C(=O)N(c2ccc(N)c(C(F)(F)F)c2)C(=O)C1(CO)c1ccc(N=O)cc1. The molecule has 0 radical (unpaired) electrons. The maximum absolute atomic E-state index is 13.2. The van der Waals surface area contributed by atoms with Gasteiger partial charge in [0.25, 0.3) is 5.91 Å². The molecule has 3 amide bonds. The van der Waals surface area contributed by atoms with Crippen LogP contribution < -0.4 is 10.6 Å². The molecule has 0 bridgehead atoms. The number of hydrogen-bond acceptors (Lipinski definition) is 6. The van der Waals surface area contributed by atoms with Crippen LogP contribution in [0, 0.1) is 4.91 Å². The van der Waals surface area contributed by atoms with Gasteiger partial charge >= 0.3 is 12.2 Å². The number of nitrogens with zero attached hydrogens (tertiary/aromatic N) is 3. The van der Waals surface area contributed by atoms with E-state index in [1.54, 1.807) is 0 Å². The Morgan fingerprint density at radius 1 is 1.14 bits per heavy atom. The van der Waals surface area contributed by atoms with Crippen LogP contribution in [0.25, 0.3) is 0 Å². The predicted octanol–water partition coefficient (Wildman–Crippen LogP) is 2.97. The van der Waals surface area contributed by atoms with Crippen LogP contribution in [0.2, 0.25) is 0 Å². The molecule has 8 nitrogen and oxygen atoms in total. The highest BCUT2D eigenvalue weighted by molar-refractivity contribution is 6.23. The van der Waals surface area contributed by atoms with Crippen LogP contribution in [0.3, 0.4) is 0 Å². The van der Waals surface area contributed by atoms with Gasteiger partial charge in [-0.2, -0.15) is 13.2 Å². The van der Waals surface area contributed by atoms with Gasteiger partial charge in [0.1, 0.15) is 5.69 Å². The molecule has 1 aliphatic rings. The fraction of sp³-hybridized carbons (Fsp3) is 0.222. The average molecular weight is 408 g/mol. The molecule has 152 valence electrons. The minimum atomic E-state index is -4.79. The van der Waals surface area contributed by atoms with Gasteiger partial charge in [-0.15, -0.1) is 4.91 Å². The Labute approximate surface area is 162 Å². The first-order valence-electron chi connectivity index (χ1n) is 8.21. The van der Waals surface area contributed by atoms with E-state index < -0.39 is 41.5 Å². The molecule has 3 N–H and O–H groups in total. The molecule has 1 atom stereocenters. The Kier molecular flexibility index (Phi) is 4.79. The number of rotatable bonds is 4. The zero-order valence-corrected chi connectivity index (χ0v) is 15.0. The number of carbonyl (C=O) groups is 2. The molecule has 2 aromatic rings. The molecule has 29 heavy (non-hydrogen) atoms. The third kappa shape index (κ3) is 2.99. The van der Waals surface area contributed by atoms with Crippen LogP contribution in [0.1, 0.15) is 11.1 Å². The Morgan fingerprint density at radius 2 is 1.76 bits per heavy atom. The van der Waals surface area contributed by atoms with E-state index >= 15 is 0 Å². The minimum Gasteiger partial charge on any atom is -0.398 e. The number of amides is 3. The van der Waals surface area contributed by atoms with Gasteiger partial charge in [-0.05, 0) is 41.1 Å². The summed E-state index contributed by atoms with van der Waals surface area (Å²) in [5.41, 5.74) is 1.64. The van der Waals surface area contributed by atoms with Crippen LogP contribution in [0.15, 0.2) is 47.6 Å². The fourth-order valence-corrected chi connectivity index (χ4v) is 3.27. The topological polar surface area (TPSA) is 116 Å². The van der Waals surface area contributed by atoms with Gasteiger partial charge in [-0.3, -0.25) is 4.79 Å². The van der Waals surface area contributed by atoms with Crippen molar-refractivity contribution in [1.82, 2.24) is 4.90 Å². The van der Waals surface area contributed by atoms with Crippen LogP contribution in [0.4, 0.5) is 35.0 Å².